The van der Waals surface area contributed by atoms with Crippen molar-refractivity contribution in [2.75, 3.05) is 5.75 Å². The minimum absolute atomic E-state index is 0.0902. The summed E-state index contributed by atoms with van der Waals surface area (Å²) in [6.45, 7) is 6.33. The minimum Gasteiger partial charge on any atom is -0.299 e. The van der Waals surface area contributed by atoms with Crippen molar-refractivity contribution in [3.63, 3.8) is 0 Å². The van der Waals surface area contributed by atoms with Gasteiger partial charge in [-0.05, 0) is 30.6 Å². The van der Waals surface area contributed by atoms with Crippen LogP contribution in [-0.4, -0.2) is 24.9 Å². The molecule has 3 rings (SSSR count). The number of sulfonamides is 1. The van der Waals surface area contributed by atoms with Crippen molar-refractivity contribution in [3.8, 4) is 0 Å². The number of aromatic nitrogens is 1. The highest BCUT2D eigenvalue weighted by Crippen LogP contribution is 2.64. The zero-order valence-corrected chi connectivity index (χ0v) is 15.5. The van der Waals surface area contributed by atoms with E-state index in [2.05, 4.69) is 23.6 Å². The molecule has 7 heteroatoms. The fourth-order valence-corrected chi connectivity index (χ4v) is 6.80. The lowest BCUT2D eigenvalue weighted by Gasteiger charge is -2.36. The van der Waals surface area contributed by atoms with Crippen LogP contribution in [0.15, 0.2) is 5.38 Å². The first kappa shape index (κ1) is 17.0. The third-order valence-electron chi connectivity index (χ3n) is 5.95. The third kappa shape index (κ3) is 2.76. The van der Waals surface area contributed by atoms with E-state index < -0.39 is 15.4 Å². The maximum atomic E-state index is 12.6. The number of carbonyl (C=O) groups is 1. The molecule has 23 heavy (non-hydrogen) atoms. The Bertz CT molecular complexity index is 723. The first-order chi connectivity index (χ1) is 10.7. The quantitative estimate of drug-likeness (QED) is 0.850. The van der Waals surface area contributed by atoms with Gasteiger partial charge < -0.3 is 0 Å². The summed E-state index contributed by atoms with van der Waals surface area (Å²) in [4.78, 5) is 16.8. The fourth-order valence-electron chi connectivity index (χ4n) is 4.26. The van der Waals surface area contributed by atoms with Gasteiger partial charge in [0.15, 0.2) is 0 Å². The normalized spacial score (nSPS) is 29.3. The molecule has 2 aliphatic carbocycles. The molecule has 2 fully saturated rings. The fraction of sp³-hybridized carbons (Fsp3) is 0.750. The van der Waals surface area contributed by atoms with Crippen molar-refractivity contribution >= 4 is 27.1 Å². The van der Waals surface area contributed by atoms with Gasteiger partial charge >= 0.3 is 0 Å². The van der Waals surface area contributed by atoms with Crippen molar-refractivity contribution in [3.05, 3.63) is 16.1 Å². The van der Waals surface area contributed by atoms with E-state index in [4.69, 9.17) is 0 Å². The van der Waals surface area contributed by atoms with Gasteiger partial charge in [0.25, 0.3) is 0 Å². The molecule has 1 aromatic rings. The van der Waals surface area contributed by atoms with Crippen molar-refractivity contribution in [1.82, 2.24) is 9.71 Å². The Kier molecular flexibility index (Phi) is 4.18. The number of hydrogen-bond acceptors (Lipinski definition) is 5. The Morgan fingerprint density at radius 1 is 1.43 bits per heavy atom. The van der Waals surface area contributed by atoms with Gasteiger partial charge in [0.05, 0.1) is 23.0 Å². The summed E-state index contributed by atoms with van der Waals surface area (Å²) in [6.07, 6.45) is 3.04. The molecule has 0 spiro atoms. The number of rotatable bonds is 6. The molecule has 5 nitrogen and oxygen atoms in total. The largest absolute Gasteiger partial charge is 0.299 e. The molecule has 0 aliphatic heterocycles. The van der Waals surface area contributed by atoms with Crippen LogP contribution in [0.1, 0.15) is 50.7 Å². The van der Waals surface area contributed by atoms with Crippen LogP contribution in [0, 0.1) is 16.7 Å². The minimum atomic E-state index is -3.51. The van der Waals surface area contributed by atoms with E-state index in [9.17, 15) is 13.2 Å². The van der Waals surface area contributed by atoms with E-state index in [1.165, 1.54) is 0 Å². The molecule has 1 N–H and O–H groups in total. The van der Waals surface area contributed by atoms with Crippen LogP contribution >= 0.6 is 11.3 Å². The zero-order chi connectivity index (χ0) is 16.9. The third-order valence-corrected chi connectivity index (χ3v) is 8.45. The highest BCUT2D eigenvalue weighted by molar-refractivity contribution is 7.89. The van der Waals surface area contributed by atoms with Crippen LogP contribution in [-0.2, 0) is 27.8 Å². The highest BCUT2D eigenvalue weighted by Gasteiger charge is 2.65. The van der Waals surface area contributed by atoms with E-state index in [0.29, 0.717) is 18.8 Å². The lowest BCUT2D eigenvalue weighted by Crippen LogP contribution is -2.45. The van der Waals surface area contributed by atoms with E-state index >= 15 is 0 Å². The SMILES string of the molecule is CCc1nc(CNS(=O)(=O)C[C@]23CC[C@H](CC2=O)C3(C)C)cs1. The molecular formula is C16H24N2O3S2. The van der Waals surface area contributed by atoms with Gasteiger partial charge in [0, 0.05) is 17.2 Å². The Balaban J connectivity index is 1.72. The van der Waals surface area contributed by atoms with Crippen LogP contribution < -0.4 is 4.72 Å². The predicted octanol–water partition coefficient (Wildman–Crippen LogP) is 2.52. The number of aryl methyl sites for hydroxylation is 1. The summed E-state index contributed by atoms with van der Waals surface area (Å²) in [5.74, 6) is 0.370. The summed E-state index contributed by atoms with van der Waals surface area (Å²) in [6, 6.07) is 0. The van der Waals surface area contributed by atoms with Gasteiger partial charge in [-0.2, -0.15) is 0 Å². The van der Waals surface area contributed by atoms with Crippen LogP contribution in [0.2, 0.25) is 0 Å². The molecule has 2 atom stereocenters. The van der Waals surface area contributed by atoms with E-state index in [1.807, 2.05) is 12.3 Å². The van der Waals surface area contributed by atoms with Gasteiger partial charge in [-0.1, -0.05) is 20.8 Å². The zero-order valence-electron chi connectivity index (χ0n) is 13.9. The summed E-state index contributed by atoms with van der Waals surface area (Å²) in [5, 5.41) is 2.89. The van der Waals surface area contributed by atoms with Gasteiger partial charge in [0.2, 0.25) is 10.0 Å². The van der Waals surface area contributed by atoms with E-state index in [1.54, 1.807) is 11.3 Å². The molecule has 2 bridgehead atoms. The Morgan fingerprint density at radius 2 is 2.17 bits per heavy atom. The first-order valence-electron chi connectivity index (χ1n) is 8.14. The lowest BCUT2D eigenvalue weighted by molar-refractivity contribution is -0.128. The van der Waals surface area contributed by atoms with Crippen molar-refractivity contribution in [2.45, 2.75) is 53.0 Å². The van der Waals surface area contributed by atoms with Crippen LogP contribution in [0.5, 0.6) is 0 Å². The monoisotopic (exact) mass is 356 g/mol. The van der Waals surface area contributed by atoms with Crippen LogP contribution in [0.4, 0.5) is 0 Å². The molecule has 1 aromatic heterocycles. The molecule has 0 aromatic carbocycles. The number of hydrogen-bond donors (Lipinski definition) is 1. The number of nitrogens with one attached hydrogen (secondary N) is 1. The van der Waals surface area contributed by atoms with Gasteiger partial charge in [-0.25, -0.2) is 18.1 Å². The summed E-state index contributed by atoms with van der Waals surface area (Å²) >= 11 is 1.54. The Morgan fingerprint density at radius 3 is 2.70 bits per heavy atom. The smallest absolute Gasteiger partial charge is 0.212 e. The topological polar surface area (TPSA) is 76.1 Å². The van der Waals surface area contributed by atoms with Crippen LogP contribution in [0.25, 0.3) is 0 Å². The summed E-state index contributed by atoms with van der Waals surface area (Å²) in [5.41, 5.74) is -0.191. The number of nitrogens with zero attached hydrogens (tertiary/aromatic N) is 1. The number of ketones is 1. The summed E-state index contributed by atoms with van der Waals surface area (Å²) in [7, 11) is -3.51. The molecule has 2 aliphatic rings. The van der Waals surface area contributed by atoms with Gasteiger partial charge in [0.1, 0.15) is 5.78 Å². The molecule has 1 heterocycles. The standard InChI is InChI=1S/C16H24N2O3S2/c1-4-14-18-12(9-22-14)8-17-23(20,21)10-16-6-5-11(7-13(16)19)15(16,2)3/h9,11,17H,4-8,10H2,1-3H3/t11-,16-/m1/s1. The molecule has 0 unspecified atom stereocenters. The van der Waals surface area contributed by atoms with E-state index in [0.717, 1.165) is 23.5 Å². The second-order valence-electron chi connectivity index (χ2n) is 7.33. The second-order valence-corrected chi connectivity index (χ2v) is 10.1. The van der Waals surface area contributed by atoms with Gasteiger partial charge in [-0.15, -0.1) is 11.3 Å². The molecular weight excluding hydrogens is 332 g/mol. The maximum Gasteiger partial charge on any atom is 0.212 e. The molecule has 2 saturated carbocycles. The molecule has 0 radical (unpaired) electrons. The van der Waals surface area contributed by atoms with Crippen molar-refractivity contribution < 1.29 is 13.2 Å². The second kappa shape index (κ2) is 5.63. The molecule has 0 amide bonds. The van der Waals surface area contributed by atoms with Crippen molar-refractivity contribution in [1.29, 1.82) is 0 Å². The Labute approximate surface area is 141 Å². The summed E-state index contributed by atoms with van der Waals surface area (Å²) < 4.78 is 27.8. The van der Waals surface area contributed by atoms with Crippen molar-refractivity contribution in [2.24, 2.45) is 16.7 Å². The number of thiazole rings is 1. The van der Waals surface area contributed by atoms with Gasteiger partial charge in [-0.3, -0.25) is 4.79 Å². The maximum absolute atomic E-state index is 12.6. The average Bonchev–Trinajstić information content (AvgIpc) is 3.08. The lowest BCUT2D eigenvalue weighted by atomic mass is 9.70. The number of Topliss-reactive ketones (excluding diaryl/α,β-unsaturated/α-hetero) is 1. The number of fused-ring (bicyclic) bond motifs is 2. The van der Waals surface area contributed by atoms with E-state index in [-0.39, 0.29) is 23.5 Å². The molecule has 0 saturated heterocycles. The average molecular weight is 357 g/mol. The number of carbonyl (C=O) groups excluding carboxylic acids is 1. The van der Waals surface area contributed by atoms with Crippen LogP contribution in [0.3, 0.4) is 0 Å². The predicted molar refractivity (Wildman–Crippen MR) is 90.7 cm³/mol. The first-order valence-corrected chi connectivity index (χ1v) is 10.7. The molecule has 128 valence electrons. The Hall–Kier alpha value is -0.790. The highest BCUT2D eigenvalue weighted by atomic mass is 32.2.